The average molecular weight is 212 g/mol. The summed E-state index contributed by atoms with van der Waals surface area (Å²) in [7, 11) is 0. The molecule has 0 aromatic heterocycles. The van der Waals surface area contributed by atoms with Crippen molar-refractivity contribution in [3.05, 3.63) is 0 Å². The normalized spacial score (nSPS) is 37.8. The second-order valence-corrected chi connectivity index (χ2v) is 5.79. The molecule has 0 aromatic carbocycles. The minimum absolute atomic E-state index is 0.319. The molecular formula is C12H24N2O. The zero-order valence-corrected chi connectivity index (χ0v) is 10.0. The van der Waals surface area contributed by atoms with Crippen LogP contribution in [-0.4, -0.2) is 43.3 Å². The molecule has 2 saturated heterocycles. The lowest BCUT2D eigenvalue weighted by molar-refractivity contribution is -0.0143. The van der Waals surface area contributed by atoms with Crippen LogP contribution in [0.4, 0.5) is 0 Å². The average Bonchev–Trinajstić information content (AvgIpc) is 2.19. The first-order valence-corrected chi connectivity index (χ1v) is 6.16. The van der Waals surface area contributed by atoms with Crippen LogP contribution < -0.4 is 5.73 Å². The molecule has 2 fully saturated rings. The molecule has 88 valence electrons. The Hall–Kier alpha value is -0.120. The van der Waals surface area contributed by atoms with Crippen molar-refractivity contribution in [1.82, 2.24) is 4.90 Å². The maximum atomic E-state index is 6.16. The van der Waals surface area contributed by atoms with Gasteiger partial charge in [0.15, 0.2) is 0 Å². The minimum atomic E-state index is 0.319. The molecule has 2 N–H and O–H groups in total. The molecule has 0 amide bonds. The molecular weight excluding hydrogens is 188 g/mol. The molecule has 0 aliphatic carbocycles. The Bertz CT molecular complexity index is 208. The molecule has 15 heavy (non-hydrogen) atoms. The van der Waals surface area contributed by atoms with E-state index in [0.29, 0.717) is 17.5 Å². The van der Waals surface area contributed by atoms with Gasteiger partial charge in [0.05, 0.1) is 6.61 Å². The summed E-state index contributed by atoms with van der Waals surface area (Å²) >= 11 is 0. The van der Waals surface area contributed by atoms with Crippen molar-refractivity contribution < 1.29 is 4.74 Å². The topological polar surface area (TPSA) is 38.5 Å². The maximum absolute atomic E-state index is 6.16. The van der Waals surface area contributed by atoms with Gasteiger partial charge in [0.1, 0.15) is 0 Å². The van der Waals surface area contributed by atoms with Crippen molar-refractivity contribution in [3.8, 4) is 0 Å². The molecule has 2 atom stereocenters. The number of piperidine rings is 1. The number of ether oxygens (including phenoxy) is 1. The van der Waals surface area contributed by atoms with Gasteiger partial charge in [0, 0.05) is 18.7 Å². The van der Waals surface area contributed by atoms with Gasteiger partial charge in [-0.05, 0) is 37.8 Å². The van der Waals surface area contributed by atoms with Crippen LogP contribution in [0.1, 0.15) is 33.1 Å². The summed E-state index contributed by atoms with van der Waals surface area (Å²) in [5, 5.41) is 0. The summed E-state index contributed by atoms with van der Waals surface area (Å²) in [5.74, 6) is 0. The number of hydrogen-bond acceptors (Lipinski definition) is 3. The Morgan fingerprint density at radius 3 is 2.53 bits per heavy atom. The number of likely N-dealkylation sites (tertiary alicyclic amines) is 1. The summed E-state index contributed by atoms with van der Waals surface area (Å²) in [6, 6.07) is 0.787. The molecule has 2 aliphatic heterocycles. The monoisotopic (exact) mass is 212 g/mol. The van der Waals surface area contributed by atoms with Gasteiger partial charge in [-0.1, -0.05) is 13.8 Å². The van der Waals surface area contributed by atoms with E-state index in [0.717, 1.165) is 19.6 Å². The summed E-state index contributed by atoms with van der Waals surface area (Å²) in [6.45, 7) is 8.78. The van der Waals surface area contributed by atoms with Crippen LogP contribution in [0.25, 0.3) is 0 Å². The van der Waals surface area contributed by atoms with E-state index in [2.05, 4.69) is 18.7 Å². The van der Waals surface area contributed by atoms with Gasteiger partial charge in [-0.3, -0.25) is 4.90 Å². The summed E-state index contributed by atoms with van der Waals surface area (Å²) in [4.78, 5) is 2.54. The fourth-order valence-electron chi connectivity index (χ4n) is 2.58. The summed E-state index contributed by atoms with van der Waals surface area (Å²) < 4.78 is 5.54. The molecule has 3 heteroatoms. The number of rotatable bonds is 1. The van der Waals surface area contributed by atoms with Crippen LogP contribution in [-0.2, 0) is 4.74 Å². The highest BCUT2D eigenvalue weighted by molar-refractivity contribution is 4.89. The molecule has 0 radical (unpaired) electrons. The molecule has 0 aromatic rings. The fourth-order valence-corrected chi connectivity index (χ4v) is 2.58. The Labute approximate surface area is 93.0 Å². The molecule has 0 spiro atoms. The lowest BCUT2D eigenvalue weighted by atomic mass is 9.82. The van der Waals surface area contributed by atoms with Crippen molar-refractivity contribution in [2.75, 3.05) is 26.3 Å². The van der Waals surface area contributed by atoms with Gasteiger partial charge in [0.25, 0.3) is 0 Å². The van der Waals surface area contributed by atoms with Crippen LogP contribution >= 0.6 is 0 Å². The van der Waals surface area contributed by atoms with E-state index in [1.165, 1.54) is 25.9 Å². The van der Waals surface area contributed by atoms with E-state index < -0.39 is 0 Å². The van der Waals surface area contributed by atoms with E-state index in [-0.39, 0.29) is 0 Å². The molecule has 3 nitrogen and oxygen atoms in total. The highest BCUT2D eigenvalue weighted by Gasteiger charge is 2.33. The van der Waals surface area contributed by atoms with Gasteiger partial charge < -0.3 is 10.5 Å². The van der Waals surface area contributed by atoms with E-state index in [4.69, 9.17) is 10.5 Å². The second kappa shape index (κ2) is 4.40. The Kier molecular flexibility index (Phi) is 3.33. The molecule has 0 saturated carbocycles. The summed E-state index contributed by atoms with van der Waals surface area (Å²) in [6.07, 6.45) is 3.59. The van der Waals surface area contributed by atoms with Crippen molar-refractivity contribution in [2.45, 2.75) is 45.2 Å². The SMILES string of the molecule is CC1(C)CCN(C2COCCC2N)CC1. The molecule has 2 unspecified atom stereocenters. The third-order valence-corrected chi connectivity index (χ3v) is 4.00. The molecule has 2 rings (SSSR count). The molecule has 2 heterocycles. The van der Waals surface area contributed by atoms with Crippen LogP contribution in [0.5, 0.6) is 0 Å². The van der Waals surface area contributed by atoms with Gasteiger partial charge >= 0.3 is 0 Å². The molecule has 0 bridgehead atoms. The Balaban J connectivity index is 1.89. The first kappa shape index (κ1) is 11.4. The van der Waals surface area contributed by atoms with Crippen molar-refractivity contribution in [1.29, 1.82) is 0 Å². The van der Waals surface area contributed by atoms with Crippen LogP contribution in [0.2, 0.25) is 0 Å². The van der Waals surface area contributed by atoms with E-state index >= 15 is 0 Å². The van der Waals surface area contributed by atoms with E-state index in [9.17, 15) is 0 Å². The standard InChI is InChI=1S/C12H24N2O/c1-12(2)4-6-14(7-5-12)11-9-15-8-3-10(11)13/h10-11H,3-9,13H2,1-2H3. The molecule has 2 aliphatic rings. The van der Waals surface area contributed by atoms with Gasteiger partial charge in [0.2, 0.25) is 0 Å². The first-order valence-electron chi connectivity index (χ1n) is 6.16. The largest absolute Gasteiger partial charge is 0.380 e. The van der Waals surface area contributed by atoms with Gasteiger partial charge in [-0.25, -0.2) is 0 Å². The van der Waals surface area contributed by atoms with E-state index in [1.54, 1.807) is 0 Å². The quantitative estimate of drug-likeness (QED) is 0.710. The van der Waals surface area contributed by atoms with Crippen LogP contribution in [0.15, 0.2) is 0 Å². The zero-order valence-electron chi connectivity index (χ0n) is 10.0. The number of nitrogens with two attached hydrogens (primary N) is 1. The number of hydrogen-bond donors (Lipinski definition) is 1. The van der Waals surface area contributed by atoms with Crippen molar-refractivity contribution in [3.63, 3.8) is 0 Å². The Morgan fingerprint density at radius 1 is 1.27 bits per heavy atom. The van der Waals surface area contributed by atoms with Crippen LogP contribution in [0.3, 0.4) is 0 Å². The second-order valence-electron chi connectivity index (χ2n) is 5.79. The maximum Gasteiger partial charge on any atom is 0.0636 e. The van der Waals surface area contributed by atoms with Crippen molar-refractivity contribution >= 4 is 0 Å². The first-order chi connectivity index (χ1) is 7.08. The lowest BCUT2D eigenvalue weighted by Crippen LogP contribution is -2.56. The highest BCUT2D eigenvalue weighted by atomic mass is 16.5. The summed E-state index contributed by atoms with van der Waals surface area (Å²) in [5.41, 5.74) is 6.68. The van der Waals surface area contributed by atoms with Gasteiger partial charge in [-0.15, -0.1) is 0 Å². The third-order valence-electron chi connectivity index (χ3n) is 4.00. The number of nitrogens with zero attached hydrogens (tertiary/aromatic N) is 1. The third kappa shape index (κ3) is 2.71. The smallest absolute Gasteiger partial charge is 0.0636 e. The lowest BCUT2D eigenvalue weighted by Gasteiger charge is -2.44. The minimum Gasteiger partial charge on any atom is -0.380 e. The predicted octanol–water partition coefficient (Wildman–Crippen LogP) is 1.22. The van der Waals surface area contributed by atoms with Gasteiger partial charge in [-0.2, -0.15) is 0 Å². The van der Waals surface area contributed by atoms with E-state index in [1.807, 2.05) is 0 Å². The van der Waals surface area contributed by atoms with Crippen molar-refractivity contribution in [2.24, 2.45) is 11.1 Å². The fraction of sp³-hybridized carbons (Fsp3) is 1.00. The predicted molar refractivity (Wildman–Crippen MR) is 61.8 cm³/mol. The highest BCUT2D eigenvalue weighted by Crippen LogP contribution is 2.31. The zero-order chi connectivity index (χ0) is 10.9. The van der Waals surface area contributed by atoms with Crippen LogP contribution in [0, 0.1) is 5.41 Å². The Morgan fingerprint density at radius 2 is 1.93 bits per heavy atom.